The van der Waals surface area contributed by atoms with Gasteiger partial charge in [0.2, 0.25) is 0 Å². The van der Waals surface area contributed by atoms with E-state index in [1.165, 1.54) is 65.9 Å². The molecule has 5 N–H and O–H groups in total. The number of rotatable bonds is 27. The fraction of sp³-hybridized carbons (Fsp3) is 0.279. The molecule has 6 aromatic carbocycles. The summed E-state index contributed by atoms with van der Waals surface area (Å²) in [5.74, 6) is 0.814. The van der Waals surface area contributed by atoms with Crippen LogP contribution >= 0.6 is 39.1 Å². The number of nitrogens with two attached hydrogens (primary N) is 1. The first-order chi connectivity index (χ1) is 56.0. The van der Waals surface area contributed by atoms with Crippen molar-refractivity contribution in [3.05, 3.63) is 279 Å². The molecule has 2 unspecified atom stereocenters. The van der Waals surface area contributed by atoms with Gasteiger partial charge in [-0.3, -0.25) is 9.79 Å². The van der Waals surface area contributed by atoms with Gasteiger partial charge in [0, 0.05) is 113 Å². The van der Waals surface area contributed by atoms with E-state index in [0.29, 0.717) is 110 Å². The van der Waals surface area contributed by atoms with Crippen molar-refractivity contribution < 1.29 is 81.2 Å². The SMILES string of the molecule is C1=CN=CC1.COC(=O)c1ccc(CBr)c(OC)c1.COC(=O)c1ccc(Cn2ccnc2)c(OC)c1.COc1cc(C(=O)CCC(O)(c2ccc(OC)c(-c3ccc(F)c(Cl)c3)n2)C2CC2)ccc1Cn1ccnc1.COc1cc(C(=O)O)ccc1Cn1ccnc1.COc1ccc(C(O)(CN)C2CC2)nc1-c1ccc(F)c(Cl)c1. The first kappa shape index (κ1) is 88.3. The molecular weight excluding hydrogens is 1600 g/mol. The van der Waals surface area contributed by atoms with Crippen LogP contribution in [-0.4, -0.2) is 147 Å². The van der Waals surface area contributed by atoms with Crippen molar-refractivity contribution in [3.63, 3.8) is 0 Å². The molecule has 5 aromatic heterocycles. The van der Waals surface area contributed by atoms with Crippen molar-refractivity contribution in [1.29, 1.82) is 0 Å². The minimum atomic E-state index is -1.30. The molecule has 0 spiro atoms. The molecule has 2 saturated carbocycles. The quantitative estimate of drug-likeness (QED) is 0.0211. The summed E-state index contributed by atoms with van der Waals surface area (Å²) in [4.78, 5) is 71.8. The number of nitrogens with zero attached hydrogens (tertiary/aromatic N) is 9. The van der Waals surface area contributed by atoms with Crippen LogP contribution in [0.25, 0.3) is 22.5 Å². The third-order valence-electron chi connectivity index (χ3n) is 19.0. The molecular formula is C86H89BrCl2F2N10O15. The average Bonchev–Trinajstić information content (AvgIpc) is 1.51. The van der Waals surface area contributed by atoms with E-state index in [9.17, 15) is 38.2 Å². The Labute approximate surface area is 688 Å². The Morgan fingerprint density at radius 2 is 0.897 bits per heavy atom. The van der Waals surface area contributed by atoms with Crippen molar-refractivity contribution in [3.8, 4) is 57.0 Å². The summed E-state index contributed by atoms with van der Waals surface area (Å²) in [6.07, 6.45) is 26.4. The lowest BCUT2D eigenvalue weighted by Gasteiger charge is -2.28. The van der Waals surface area contributed by atoms with Gasteiger partial charge >= 0.3 is 17.9 Å². The van der Waals surface area contributed by atoms with Gasteiger partial charge in [-0.05, 0) is 147 Å². The number of halogens is 5. The molecule has 0 bridgehead atoms. The van der Waals surface area contributed by atoms with Gasteiger partial charge in [-0.1, -0.05) is 75.5 Å². The number of carboxylic acid groups (broad SMARTS) is 1. The van der Waals surface area contributed by atoms with Gasteiger partial charge in [0.1, 0.15) is 68.7 Å². The molecule has 2 aliphatic carbocycles. The minimum Gasteiger partial charge on any atom is -0.496 e. The molecule has 6 heterocycles. The average molecular weight is 1690 g/mol. The standard InChI is InChI=1S/C30H29ClFN3O4.C17H18ClFN2O2.C13H14N2O3.C12H12N2O3.C10H11BrO3.C4H5N/c1-38-26-9-10-28(34-29(26)20-5-8-24(32)23(31)15-20)30(37,22-6-7-22)12-11-25(36)19-3-4-21(27(16-19)39-2)17-35-14-13-33-18-35;1-23-14-6-7-15(17(22,9-20)11-3-4-11)21-16(14)10-2-5-13(19)12(18)8-10;1-17-12-7-10(13(16)18-2)3-4-11(12)8-15-6-5-14-9-15;1-17-11-6-9(12(15)16)2-3-10(11)7-14-5-4-13-8-14;1-13-9-5-7(10(12)14-2)3-4-8(9)6-11;1-2-4-5-3-1/h3-5,8-10,13-16,18,22,37H,6-7,11-12,17H2,1-2H3;2,5-8,11,22H,3-4,9,20H2,1H3;3-7,9H,8H2,1-2H3;2-6,8H,7H2,1H3,(H,15,16);3-5H,6H2,1-2H3;1,3-4H,2H2. The van der Waals surface area contributed by atoms with E-state index in [1.54, 1.807) is 150 Å². The van der Waals surface area contributed by atoms with Crippen LogP contribution < -0.4 is 34.2 Å². The van der Waals surface area contributed by atoms with E-state index in [1.807, 2.05) is 62.8 Å². The monoisotopic (exact) mass is 1690 g/mol. The lowest BCUT2D eigenvalue weighted by atomic mass is 9.86. The molecule has 0 amide bonds. The number of pyridine rings is 2. The van der Waals surface area contributed by atoms with E-state index < -0.39 is 28.8 Å². The predicted molar refractivity (Wildman–Crippen MR) is 439 cm³/mol. The first-order valence-corrected chi connectivity index (χ1v) is 38.2. The smallest absolute Gasteiger partial charge is 0.337 e. The zero-order valence-corrected chi connectivity index (χ0v) is 68.1. The maximum Gasteiger partial charge on any atom is 0.337 e. The van der Waals surface area contributed by atoms with Gasteiger partial charge in [0.25, 0.3) is 0 Å². The van der Waals surface area contributed by atoms with Crippen LogP contribution in [-0.2, 0) is 45.6 Å². The van der Waals surface area contributed by atoms with Crippen LogP contribution in [0.5, 0.6) is 34.5 Å². The molecule has 11 aromatic rings. The minimum absolute atomic E-state index is 0.00744. The van der Waals surface area contributed by atoms with E-state index in [2.05, 4.69) is 50.3 Å². The molecule has 25 nitrogen and oxygen atoms in total. The van der Waals surface area contributed by atoms with Crippen molar-refractivity contribution in [2.75, 3.05) is 63.4 Å². The number of esters is 2. The van der Waals surface area contributed by atoms with Crippen LogP contribution in [0.4, 0.5) is 8.78 Å². The number of methoxy groups -OCH3 is 8. The van der Waals surface area contributed by atoms with Crippen molar-refractivity contribution in [2.45, 2.75) is 81.1 Å². The molecule has 2 fully saturated rings. The second-order valence-electron chi connectivity index (χ2n) is 26.5. The summed E-state index contributed by atoms with van der Waals surface area (Å²) in [6.45, 7) is 1.91. The van der Waals surface area contributed by atoms with Crippen molar-refractivity contribution >= 4 is 69.0 Å². The van der Waals surface area contributed by atoms with Crippen LogP contribution in [0, 0.1) is 23.5 Å². The number of allylic oxidation sites excluding steroid dienone is 1. The molecule has 1 aliphatic heterocycles. The highest BCUT2D eigenvalue weighted by Gasteiger charge is 2.47. The number of ketones is 1. The Hall–Kier alpha value is -11.7. The molecule has 14 rings (SSSR count). The lowest BCUT2D eigenvalue weighted by molar-refractivity contribution is -0.00111. The van der Waals surface area contributed by atoms with Gasteiger partial charge in [0.05, 0.1) is 134 Å². The Morgan fingerprint density at radius 1 is 0.509 bits per heavy atom. The number of imidazole rings is 3. The summed E-state index contributed by atoms with van der Waals surface area (Å²) in [7, 11) is 12.0. The number of aliphatic hydroxyl groups is 2. The normalized spacial score (nSPS) is 13.2. The Balaban J connectivity index is 0.000000172. The highest BCUT2D eigenvalue weighted by molar-refractivity contribution is 9.08. The van der Waals surface area contributed by atoms with Crippen LogP contribution in [0.1, 0.15) is 120 Å². The van der Waals surface area contributed by atoms with Crippen LogP contribution in [0.2, 0.25) is 10.0 Å². The zero-order valence-electron chi connectivity index (χ0n) is 65.0. The number of aromatic nitrogens is 8. The number of alkyl halides is 1. The number of aromatic carboxylic acids is 1. The lowest BCUT2D eigenvalue weighted by Crippen LogP contribution is -2.38. The molecule has 30 heteroatoms. The third kappa shape index (κ3) is 23.5. The largest absolute Gasteiger partial charge is 0.496 e. The predicted octanol–water partition coefficient (Wildman–Crippen LogP) is 15.9. The number of carbonyl (C=O) groups excluding carboxylic acids is 3. The second kappa shape index (κ2) is 42.6. The molecule has 0 radical (unpaired) electrons. The van der Waals surface area contributed by atoms with E-state index in [4.69, 9.17) is 67.4 Å². The van der Waals surface area contributed by atoms with Crippen molar-refractivity contribution in [1.82, 2.24) is 38.6 Å². The molecule has 3 aliphatic rings. The van der Waals surface area contributed by atoms with E-state index in [0.717, 1.165) is 54.4 Å². The number of Topliss-reactive ketones (excluding diaryl/α,β-unsaturated/α-hetero) is 1. The first-order valence-electron chi connectivity index (χ1n) is 36.4. The van der Waals surface area contributed by atoms with E-state index in [-0.39, 0.29) is 64.6 Å². The van der Waals surface area contributed by atoms with Gasteiger partial charge in [-0.25, -0.2) is 48.1 Å². The van der Waals surface area contributed by atoms with Crippen LogP contribution in [0.15, 0.2) is 207 Å². The molecule has 608 valence electrons. The van der Waals surface area contributed by atoms with Gasteiger partial charge in [-0.15, -0.1) is 0 Å². The van der Waals surface area contributed by atoms with Crippen LogP contribution in [0.3, 0.4) is 0 Å². The Morgan fingerprint density at radius 3 is 1.24 bits per heavy atom. The topological polar surface area (TPSA) is 320 Å². The fourth-order valence-electron chi connectivity index (χ4n) is 12.3. The number of hydrogen-bond donors (Lipinski definition) is 4. The summed E-state index contributed by atoms with van der Waals surface area (Å²) in [5, 5.41) is 32.3. The maximum absolute atomic E-state index is 13.8. The number of hydrogen-bond acceptors (Lipinski definition) is 21. The second-order valence-corrected chi connectivity index (χ2v) is 27.8. The maximum atomic E-state index is 13.8. The Kier molecular flexibility index (Phi) is 32.4. The number of benzene rings is 6. The number of carboxylic acids is 1. The highest BCUT2D eigenvalue weighted by atomic mass is 79.9. The van der Waals surface area contributed by atoms with Gasteiger partial charge in [-0.2, -0.15) is 0 Å². The summed E-state index contributed by atoms with van der Waals surface area (Å²) in [5.41, 5.74) is 11.9. The number of aliphatic imine (C=N–C) groups is 1. The van der Waals surface area contributed by atoms with Gasteiger partial charge < -0.3 is 72.6 Å². The number of carbonyl (C=O) groups is 4. The number of ether oxygens (including phenoxy) is 8. The molecule has 116 heavy (non-hydrogen) atoms. The highest BCUT2D eigenvalue weighted by Crippen LogP contribution is 2.50. The summed E-state index contributed by atoms with van der Waals surface area (Å²) in [6, 6.07) is 36.3. The van der Waals surface area contributed by atoms with E-state index >= 15 is 0 Å². The van der Waals surface area contributed by atoms with Crippen molar-refractivity contribution in [2.24, 2.45) is 22.6 Å². The Bertz CT molecular complexity index is 5180. The summed E-state index contributed by atoms with van der Waals surface area (Å²) >= 11 is 15.2. The van der Waals surface area contributed by atoms with Gasteiger partial charge in [0.15, 0.2) is 5.78 Å². The molecule has 2 atom stereocenters. The molecule has 0 saturated heterocycles. The summed E-state index contributed by atoms with van der Waals surface area (Å²) < 4.78 is 74.2. The zero-order chi connectivity index (χ0) is 83.5. The fourth-order valence-corrected chi connectivity index (χ4v) is 13.1. The third-order valence-corrected chi connectivity index (χ3v) is 20.1.